The molecule has 1 aromatic carbocycles. The molecule has 1 N–H and O–H groups in total. The summed E-state index contributed by atoms with van der Waals surface area (Å²) >= 11 is 11.7. The number of carbonyl (C=O) groups is 1. The number of benzene rings is 1. The Hall–Kier alpha value is -0.730. The summed E-state index contributed by atoms with van der Waals surface area (Å²) in [5, 5.41) is 9.63. The van der Waals surface area contributed by atoms with Crippen molar-refractivity contribution in [3.05, 3.63) is 33.8 Å². The van der Waals surface area contributed by atoms with Crippen molar-refractivity contribution in [1.29, 1.82) is 0 Å². The van der Waals surface area contributed by atoms with Crippen LogP contribution in [0.4, 0.5) is 0 Å². The molecule has 1 aromatic rings. The summed E-state index contributed by atoms with van der Waals surface area (Å²) in [5.41, 5.74) is 0.772. The number of carboxylic acids is 1. The van der Waals surface area contributed by atoms with Crippen LogP contribution in [0.25, 0.3) is 0 Å². The number of aliphatic carboxylic acids is 1. The van der Waals surface area contributed by atoms with E-state index in [2.05, 4.69) is 0 Å². The van der Waals surface area contributed by atoms with Crippen LogP contribution in [0.2, 0.25) is 10.0 Å². The summed E-state index contributed by atoms with van der Waals surface area (Å²) < 4.78 is 0. The van der Waals surface area contributed by atoms with E-state index in [1.807, 2.05) is 0 Å². The van der Waals surface area contributed by atoms with Crippen molar-refractivity contribution < 1.29 is 9.90 Å². The molecule has 0 aromatic heterocycles. The molecular weight excluding hydrogens is 223 g/mol. The van der Waals surface area contributed by atoms with Gasteiger partial charge in [-0.1, -0.05) is 42.3 Å². The molecule has 0 aliphatic rings. The molecule has 1 atom stereocenters. The average molecular weight is 233 g/mol. The lowest BCUT2D eigenvalue weighted by Gasteiger charge is -2.08. The zero-order valence-electron chi connectivity index (χ0n) is 7.63. The lowest BCUT2D eigenvalue weighted by atomic mass is 10.0. The maximum atomic E-state index is 10.6. The summed E-state index contributed by atoms with van der Waals surface area (Å²) in [6.07, 6.45) is 0.398. The standard InChI is InChI=1S/C10H10Cl2O2/c1-6(10(13)14)5-7-3-2-4-8(11)9(7)12/h2-4,6H,5H2,1H3,(H,13,14). The lowest BCUT2D eigenvalue weighted by molar-refractivity contribution is -0.141. The normalized spacial score (nSPS) is 12.5. The van der Waals surface area contributed by atoms with Gasteiger partial charge >= 0.3 is 5.97 Å². The Balaban J connectivity index is 2.87. The fraction of sp³-hybridized carbons (Fsp3) is 0.300. The van der Waals surface area contributed by atoms with Crippen LogP contribution in [0.5, 0.6) is 0 Å². The van der Waals surface area contributed by atoms with E-state index in [1.54, 1.807) is 25.1 Å². The van der Waals surface area contributed by atoms with E-state index in [1.165, 1.54) is 0 Å². The zero-order chi connectivity index (χ0) is 10.7. The van der Waals surface area contributed by atoms with Gasteiger partial charge < -0.3 is 5.11 Å². The predicted octanol–water partition coefficient (Wildman–Crippen LogP) is 3.26. The average Bonchev–Trinajstić information content (AvgIpc) is 2.12. The third kappa shape index (κ3) is 2.63. The second kappa shape index (κ2) is 4.67. The Bertz CT molecular complexity index is 350. The quantitative estimate of drug-likeness (QED) is 0.869. The van der Waals surface area contributed by atoms with Gasteiger partial charge in [-0.05, 0) is 18.1 Å². The van der Waals surface area contributed by atoms with Crippen LogP contribution in [-0.2, 0) is 11.2 Å². The van der Waals surface area contributed by atoms with E-state index in [-0.39, 0.29) is 0 Å². The first-order valence-electron chi connectivity index (χ1n) is 4.18. The first-order chi connectivity index (χ1) is 6.52. The fourth-order valence-electron chi connectivity index (χ4n) is 1.12. The highest BCUT2D eigenvalue weighted by Crippen LogP contribution is 2.27. The molecule has 1 rings (SSSR count). The van der Waals surface area contributed by atoms with Crippen molar-refractivity contribution in [2.24, 2.45) is 5.92 Å². The van der Waals surface area contributed by atoms with Gasteiger partial charge in [0.1, 0.15) is 0 Å². The third-order valence-corrected chi connectivity index (χ3v) is 2.84. The van der Waals surface area contributed by atoms with Gasteiger partial charge in [0.25, 0.3) is 0 Å². The van der Waals surface area contributed by atoms with Crippen LogP contribution >= 0.6 is 23.2 Å². The van der Waals surface area contributed by atoms with Gasteiger partial charge in [0.2, 0.25) is 0 Å². The van der Waals surface area contributed by atoms with Gasteiger partial charge in [-0.25, -0.2) is 0 Å². The van der Waals surface area contributed by atoms with E-state index < -0.39 is 11.9 Å². The van der Waals surface area contributed by atoms with Crippen molar-refractivity contribution in [3.63, 3.8) is 0 Å². The maximum absolute atomic E-state index is 10.6. The molecule has 0 aliphatic carbocycles. The lowest BCUT2D eigenvalue weighted by Crippen LogP contribution is -2.12. The Kier molecular flexibility index (Phi) is 3.78. The molecule has 0 saturated carbocycles. The van der Waals surface area contributed by atoms with Gasteiger partial charge in [-0.2, -0.15) is 0 Å². The van der Waals surface area contributed by atoms with Gasteiger partial charge in [0.15, 0.2) is 0 Å². The summed E-state index contributed by atoms with van der Waals surface area (Å²) in [6.45, 7) is 1.64. The Morgan fingerprint density at radius 2 is 2.14 bits per heavy atom. The van der Waals surface area contributed by atoms with Gasteiger partial charge in [-0.15, -0.1) is 0 Å². The fourth-order valence-corrected chi connectivity index (χ4v) is 1.52. The molecule has 0 heterocycles. The van der Waals surface area contributed by atoms with Crippen LogP contribution in [0, 0.1) is 5.92 Å². The highest BCUT2D eigenvalue weighted by atomic mass is 35.5. The summed E-state index contributed by atoms with van der Waals surface area (Å²) in [5.74, 6) is -1.29. The molecule has 0 bridgehead atoms. The minimum atomic E-state index is -0.832. The summed E-state index contributed by atoms with van der Waals surface area (Å²) in [6, 6.07) is 5.23. The molecule has 0 amide bonds. The van der Waals surface area contributed by atoms with E-state index in [9.17, 15) is 4.79 Å². The Morgan fingerprint density at radius 1 is 1.50 bits per heavy atom. The zero-order valence-corrected chi connectivity index (χ0v) is 9.14. The molecule has 1 unspecified atom stereocenters. The van der Waals surface area contributed by atoms with Crippen molar-refractivity contribution in [1.82, 2.24) is 0 Å². The predicted molar refractivity (Wildman–Crippen MR) is 57.0 cm³/mol. The van der Waals surface area contributed by atoms with Crippen LogP contribution in [-0.4, -0.2) is 11.1 Å². The topological polar surface area (TPSA) is 37.3 Å². The highest BCUT2D eigenvalue weighted by Gasteiger charge is 2.14. The minimum Gasteiger partial charge on any atom is -0.481 e. The number of carboxylic acid groups (broad SMARTS) is 1. The van der Waals surface area contributed by atoms with Gasteiger partial charge in [0.05, 0.1) is 16.0 Å². The van der Waals surface area contributed by atoms with E-state index in [4.69, 9.17) is 28.3 Å². The molecule has 0 saturated heterocycles. The van der Waals surface area contributed by atoms with E-state index in [0.717, 1.165) is 5.56 Å². The molecule has 0 spiro atoms. The SMILES string of the molecule is CC(Cc1cccc(Cl)c1Cl)C(=O)O. The van der Waals surface area contributed by atoms with Crippen molar-refractivity contribution >= 4 is 29.2 Å². The number of hydrogen-bond acceptors (Lipinski definition) is 1. The Labute approximate surface area is 92.5 Å². The molecule has 2 nitrogen and oxygen atoms in total. The van der Waals surface area contributed by atoms with Crippen LogP contribution in [0.3, 0.4) is 0 Å². The van der Waals surface area contributed by atoms with Crippen LogP contribution in [0.1, 0.15) is 12.5 Å². The first-order valence-corrected chi connectivity index (χ1v) is 4.93. The number of hydrogen-bond donors (Lipinski definition) is 1. The molecule has 14 heavy (non-hydrogen) atoms. The third-order valence-electron chi connectivity index (χ3n) is 1.98. The van der Waals surface area contributed by atoms with Crippen molar-refractivity contribution in [3.8, 4) is 0 Å². The molecule has 0 fully saturated rings. The van der Waals surface area contributed by atoms with Crippen LogP contribution < -0.4 is 0 Å². The summed E-state index contributed by atoms with van der Waals surface area (Å²) in [4.78, 5) is 10.6. The van der Waals surface area contributed by atoms with Crippen molar-refractivity contribution in [2.75, 3.05) is 0 Å². The van der Waals surface area contributed by atoms with Gasteiger partial charge in [0, 0.05) is 0 Å². The molecule has 4 heteroatoms. The van der Waals surface area contributed by atoms with Gasteiger partial charge in [-0.3, -0.25) is 4.79 Å². The monoisotopic (exact) mass is 232 g/mol. The molecule has 0 radical (unpaired) electrons. The maximum Gasteiger partial charge on any atom is 0.306 e. The van der Waals surface area contributed by atoms with E-state index in [0.29, 0.717) is 16.5 Å². The van der Waals surface area contributed by atoms with Crippen LogP contribution in [0.15, 0.2) is 18.2 Å². The largest absolute Gasteiger partial charge is 0.481 e. The number of rotatable bonds is 3. The minimum absolute atomic E-state index is 0.398. The molecule has 0 aliphatic heterocycles. The highest BCUT2D eigenvalue weighted by molar-refractivity contribution is 6.42. The Morgan fingerprint density at radius 3 is 2.71 bits per heavy atom. The van der Waals surface area contributed by atoms with E-state index >= 15 is 0 Å². The second-order valence-corrected chi connectivity index (χ2v) is 3.94. The summed E-state index contributed by atoms with van der Waals surface area (Å²) in [7, 11) is 0. The molecule has 76 valence electrons. The molecular formula is C10H10Cl2O2. The smallest absolute Gasteiger partial charge is 0.306 e. The first kappa shape index (κ1) is 11.3. The second-order valence-electron chi connectivity index (χ2n) is 3.16. The van der Waals surface area contributed by atoms with Crippen molar-refractivity contribution in [2.45, 2.75) is 13.3 Å². The number of halogens is 2.